The molecule has 2 aromatic carbocycles. The fourth-order valence-electron chi connectivity index (χ4n) is 3.32. The summed E-state index contributed by atoms with van der Waals surface area (Å²) >= 11 is 0. The number of methoxy groups -OCH3 is 2. The number of nitrogens with one attached hydrogen (secondary N) is 1. The van der Waals surface area contributed by atoms with E-state index in [1.165, 1.54) is 0 Å². The van der Waals surface area contributed by atoms with Crippen LogP contribution >= 0.6 is 0 Å². The van der Waals surface area contributed by atoms with Gasteiger partial charge in [-0.15, -0.1) is 0 Å². The second kappa shape index (κ2) is 11.5. The van der Waals surface area contributed by atoms with E-state index in [-0.39, 0.29) is 11.9 Å². The molecule has 0 bridgehead atoms. The number of ether oxygens (including phenoxy) is 2. The number of carbonyl (C=O) groups is 1. The third kappa shape index (κ3) is 6.08. The maximum Gasteiger partial charge on any atom is 0.252 e. The molecular weight excluding hydrogens is 354 g/mol. The molecule has 0 saturated carbocycles. The average molecular weight is 386 g/mol. The first kappa shape index (κ1) is 21.9. The summed E-state index contributed by atoms with van der Waals surface area (Å²) in [6.07, 6.45) is 2.36. The number of hydrogen-bond acceptors (Lipinski definition) is 4. The summed E-state index contributed by atoms with van der Waals surface area (Å²) in [5.74, 6) is 0.296. The first-order valence-corrected chi connectivity index (χ1v) is 9.79. The van der Waals surface area contributed by atoms with Crippen LogP contribution in [0.25, 0.3) is 0 Å². The van der Waals surface area contributed by atoms with Gasteiger partial charge in [-0.25, -0.2) is 0 Å². The summed E-state index contributed by atoms with van der Waals surface area (Å²) in [6.45, 7) is 2.47. The summed E-state index contributed by atoms with van der Waals surface area (Å²) in [5.41, 5.74) is 2.11. The lowest BCUT2D eigenvalue weighted by molar-refractivity contribution is 0.0887. The topological polar surface area (TPSA) is 67.8 Å². The summed E-state index contributed by atoms with van der Waals surface area (Å²) in [7, 11) is 3.17. The minimum Gasteiger partial charge on any atom is -0.496 e. The molecule has 0 spiro atoms. The third-order valence-electron chi connectivity index (χ3n) is 4.72. The fourth-order valence-corrected chi connectivity index (χ4v) is 3.32. The van der Waals surface area contributed by atoms with Crippen LogP contribution in [0, 0.1) is 0 Å². The van der Waals surface area contributed by atoms with Crippen molar-refractivity contribution in [2.75, 3.05) is 20.8 Å². The predicted octanol–water partition coefficient (Wildman–Crippen LogP) is 3.91. The van der Waals surface area contributed by atoms with Crippen molar-refractivity contribution >= 4 is 5.91 Å². The highest BCUT2D eigenvalue weighted by Gasteiger charge is 2.23. The van der Waals surface area contributed by atoms with Gasteiger partial charge in [0.1, 0.15) is 5.75 Å². The highest BCUT2D eigenvalue weighted by Crippen LogP contribution is 2.31. The lowest BCUT2D eigenvalue weighted by Crippen LogP contribution is -2.40. The number of amides is 1. The third-order valence-corrected chi connectivity index (χ3v) is 4.72. The molecule has 0 aliphatic heterocycles. The van der Waals surface area contributed by atoms with Crippen molar-refractivity contribution in [2.45, 2.75) is 44.8 Å². The van der Waals surface area contributed by atoms with Crippen LogP contribution < -0.4 is 10.1 Å². The molecule has 0 fully saturated rings. The van der Waals surface area contributed by atoms with Crippen molar-refractivity contribution in [3.8, 4) is 5.75 Å². The van der Waals surface area contributed by atoms with E-state index >= 15 is 0 Å². The molecule has 2 N–H and O–H groups in total. The zero-order valence-electron chi connectivity index (χ0n) is 17.0. The quantitative estimate of drug-likeness (QED) is 0.615. The summed E-state index contributed by atoms with van der Waals surface area (Å²) in [5, 5.41) is 13.7. The van der Waals surface area contributed by atoms with Crippen LogP contribution in [-0.2, 0) is 11.2 Å². The van der Waals surface area contributed by atoms with Gasteiger partial charge in [-0.2, -0.15) is 0 Å². The van der Waals surface area contributed by atoms with Gasteiger partial charge in [-0.1, -0.05) is 56.2 Å². The van der Waals surface area contributed by atoms with Crippen LogP contribution in [0.4, 0.5) is 0 Å². The smallest absolute Gasteiger partial charge is 0.252 e. The van der Waals surface area contributed by atoms with Crippen molar-refractivity contribution in [1.82, 2.24) is 5.32 Å². The lowest BCUT2D eigenvalue weighted by atomic mass is 9.96. The largest absolute Gasteiger partial charge is 0.496 e. The molecule has 5 heteroatoms. The van der Waals surface area contributed by atoms with Gasteiger partial charge in [0.25, 0.3) is 5.91 Å². The molecule has 0 aromatic heterocycles. The normalized spacial score (nSPS) is 13.0. The number of aliphatic hydroxyl groups excluding tert-OH is 1. The maximum atomic E-state index is 13.1. The van der Waals surface area contributed by atoms with Gasteiger partial charge < -0.3 is 19.9 Å². The zero-order valence-corrected chi connectivity index (χ0v) is 17.0. The van der Waals surface area contributed by atoms with Gasteiger partial charge in [-0.3, -0.25) is 4.79 Å². The number of carbonyl (C=O) groups excluding carboxylic acids is 1. The molecule has 0 radical (unpaired) electrons. The summed E-state index contributed by atoms with van der Waals surface area (Å²) < 4.78 is 10.7. The van der Waals surface area contributed by atoms with Crippen LogP contribution in [-0.4, -0.2) is 37.9 Å². The van der Waals surface area contributed by atoms with Crippen molar-refractivity contribution in [3.05, 3.63) is 65.2 Å². The van der Waals surface area contributed by atoms with Crippen molar-refractivity contribution in [1.29, 1.82) is 0 Å². The van der Waals surface area contributed by atoms with Gasteiger partial charge in [0.2, 0.25) is 0 Å². The van der Waals surface area contributed by atoms with E-state index in [2.05, 4.69) is 12.2 Å². The number of aliphatic hydroxyl groups is 1. The first-order chi connectivity index (χ1) is 13.6. The number of unbranched alkanes of at least 4 members (excludes halogenated alkanes) is 1. The van der Waals surface area contributed by atoms with E-state index in [4.69, 9.17) is 9.47 Å². The molecule has 2 atom stereocenters. The van der Waals surface area contributed by atoms with E-state index in [9.17, 15) is 9.90 Å². The molecule has 0 aliphatic rings. The molecule has 2 rings (SSSR count). The van der Waals surface area contributed by atoms with Crippen LogP contribution in [0.2, 0.25) is 0 Å². The number of benzene rings is 2. The van der Waals surface area contributed by atoms with Crippen LogP contribution in [0.1, 0.15) is 53.8 Å². The Morgan fingerprint density at radius 3 is 2.50 bits per heavy atom. The Kier molecular flexibility index (Phi) is 8.98. The predicted molar refractivity (Wildman–Crippen MR) is 111 cm³/mol. The van der Waals surface area contributed by atoms with Gasteiger partial charge in [0, 0.05) is 18.2 Å². The van der Waals surface area contributed by atoms with E-state index < -0.39 is 6.10 Å². The van der Waals surface area contributed by atoms with Crippen molar-refractivity contribution < 1.29 is 19.4 Å². The fraction of sp³-hybridized carbons (Fsp3) is 0.435. The minimum absolute atomic E-state index is 0.174. The molecule has 2 aromatic rings. The van der Waals surface area contributed by atoms with E-state index in [1.54, 1.807) is 32.4 Å². The van der Waals surface area contributed by atoms with Gasteiger partial charge >= 0.3 is 0 Å². The number of hydrogen-bond donors (Lipinski definition) is 2. The Labute approximate surface area is 167 Å². The Morgan fingerprint density at radius 1 is 1.11 bits per heavy atom. The van der Waals surface area contributed by atoms with Crippen LogP contribution in [0.15, 0.2) is 48.5 Å². The van der Waals surface area contributed by atoms with Gasteiger partial charge in [-0.05, 0) is 30.5 Å². The highest BCUT2D eigenvalue weighted by atomic mass is 16.5. The van der Waals surface area contributed by atoms with E-state index in [0.29, 0.717) is 36.3 Å². The molecule has 5 nitrogen and oxygen atoms in total. The van der Waals surface area contributed by atoms with Gasteiger partial charge in [0.05, 0.1) is 25.9 Å². The van der Waals surface area contributed by atoms with Crippen LogP contribution in [0.5, 0.6) is 5.75 Å². The molecule has 0 unspecified atom stereocenters. The lowest BCUT2D eigenvalue weighted by Gasteiger charge is -2.22. The summed E-state index contributed by atoms with van der Waals surface area (Å²) in [6, 6.07) is 15.1. The Bertz CT molecular complexity index is 733. The van der Waals surface area contributed by atoms with E-state index in [1.807, 2.05) is 30.3 Å². The zero-order chi connectivity index (χ0) is 20.4. The highest BCUT2D eigenvalue weighted by molar-refractivity contribution is 5.96. The number of rotatable bonds is 11. The molecule has 0 saturated heterocycles. The first-order valence-electron chi connectivity index (χ1n) is 9.79. The second-order valence-corrected chi connectivity index (χ2v) is 6.89. The van der Waals surface area contributed by atoms with Gasteiger partial charge in [0.15, 0.2) is 0 Å². The Morgan fingerprint density at radius 2 is 1.86 bits per heavy atom. The average Bonchev–Trinajstić information content (AvgIpc) is 2.72. The minimum atomic E-state index is -0.744. The molecular formula is C23H31NO4. The van der Waals surface area contributed by atoms with Crippen molar-refractivity contribution in [2.24, 2.45) is 0 Å². The molecule has 1 amide bonds. The molecule has 0 heterocycles. The Hall–Kier alpha value is -2.37. The molecule has 152 valence electrons. The van der Waals surface area contributed by atoms with Crippen molar-refractivity contribution in [3.63, 3.8) is 0 Å². The monoisotopic (exact) mass is 385 g/mol. The standard InChI is InChI=1S/C23H31NO4/c1-4-5-13-20(25)22-19(12-9-14-21(22)28-3)23(26)24-18(16-27-2)15-17-10-7-6-8-11-17/h6-12,14,18,20,25H,4-5,13,15-16H2,1-3H3,(H,24,26)/t18-,20+/m0/s1. The SMILES string of the molecule is CCCC[C@@H](O)c1c(OC)cccc1C(=O)N[C@H](COC)Cc1ccccc1. The van der Waals surface area contributed by atoms with Crippen LogP contribution in [0.3, 0.4) is 0 Å². The molecule has 28 heavy (non-hydrogen) atoms. The van der Waals surface area contributed by atoms with E-state index in [0.717, 1.165) is 18.4 Å². The second-order valence-electron chi connectivity index (χ2n) is 6.89. The maximum absolute atomic E-state index is 13.1. The summed E-state index contributed by atoms with van der Waals surface area (Å²) in [4.78, 5) is 13.1. The Balaban J connectivity index is 2.23. The molecule has 0 aliphatic carbocycles.